The molecule has 0 saturated carbocycles. The maximum Gasteiger partial charge on any atom is 0.316 e. The molecule has 6 heteroatoms. The van der Waals surface area contributed by atoms with Gasteiger partial charge in [0.25, 0.3) is 0 Å². The van der Waals surface area contributed by atoms with Crippen molar-refractivity contribution in [3.63, 3.8) is 0 Å². The third kappa shape index (κ3) is 2.80. The zero-order chi connectivity index (χ0) is 13.8. The molecule has 0 fully saturated rings. The molecule has 20 heavy (non-hydrogen) atoms. The number of ether oxygens (including phenoxy) is 1. The van der Waals surface area contributed by atoms with Crippen LogP contribution in [0.5, 0.6) is 5.75 Å². The van der Waals surface area contributed by atoms with Gasteiger partial charge >= 0.3 is 6.01 Å². The van der Waals surface area contributed by atoms with Crippen LogP contribution < -0.4 is 10.1 Å². The lowest BCUT2D eigenvalue weighted by Crippen LogP contribution is -1.97. The fraction of sp³-hybridized carbons (Fsp3) is 0.143. The molecule has 0 atom stereocenters. The monoisotopic (exact) mass is 287 g/mol. The van der Waals surface area contributed by atoms with E-state index < -0.39 is 0 Å². The first-order valence-corrected chi connectivity index (χ1v) is 7.02. The zero-order valence-electron chi connectivity index (χ0n) is 10.9. The Morgan fingerprint density at radius 1 is 1.20 bits per heavy atom. The van der Waals surface area contributed by atoms with E-state index in [1.165, 1.54) is 5.56 Å². The van der Waals surface area contributed by atoms with Gasteiger partial charge in [0.1, 0.15) is 5.75 Å². The van der Waals surface area contributed by atoms with Gasteiger partial charge < -0.3 is 14.5 Å². The summed E-state index contributed by atoms with van der Waals surface area (Å²) in [5.74, 6) is 1.28. The summed E-state index contributed by atoms with van der Waals surface area (Å²) in [5.41, 5.74) is 2.06. The largest absolute Gasteiger partial charge is 0.497 e. The van der Waals surface area contributed by atoms with E-state index in [2.05, 4.69) is 27.0 Å². The normalized spacial score (nSPS) is 10.4. The van der Waals surface area contributed by atoms with Crippen LogP contribution in [0.25, 0.3) is 11.5 Å². The van der Waals surface area contributed by atoms with Gasteiger partial charge in [0, 0.05) is 12.1 Å². The van der Waals surface area contributed by atoms with E-state index in [9.17, 15) is 0 Å². The molecular weight excluding hydrogens is 274 g/mol. The highest BCUT2D eigenvalue weighted by Crippen LogP contribution is 2.22. The predicted molar refractivity (Wildman–Crippen MR) is 77.9 cm³/mol. The van der Waals surface area contributed by atoms with Gasteiger partial charge in [-0.15, -0.1) is 5.10 Å². The van der Waals surface area contributed by atoms with Gasteiger partial charge in [0.05, 0.1) is 7.11 Å². The lowest BCUT2D eigenvalue weighted by Gasteiger charge is -1.99. The molecule has 0 aliphatic rings. The number of nitrogens with zero attached hydrogens (tertiary/aromatic N) is 2. The SMILES string of the molecule is COc1ccc(-c2nnc(NCc3ccsc3)o2)cc1. The van der Waals surface area contributed by atoms with Crippen molar-refractivity contribution in [2.75, 3.05) is 12.4 Å². The van der Waals surface area contributed by atoms with Crippen LogP contribution in [0.2, 0.25) is 0 Å². The minimum atomic E-state index is 0.419. The molecule has 0 unspecified atom stereocenters. The topological polar surface area (TPSA) is 60.2 Å². The number of hydrogen-bond donors (Lipinski definition) is 1. The van der Waals surface area contributed by atoms with Crippen molar-refractivity contribution < 1.29 is 9.15 Å². The Morgan fingerprint density at radius 3 is 2.75 bits per heavy atom. The number of benzene rings is 1. The van der Waals surface area contributed by atoms with Crippen LogP contribution in [0, 0.1) is 0 Å². The van der Waals surface area contributed by atoms with Crippen molar-refractivity contribution in [3.8, 4) is 17.2 Å². The van der Waals surface area contributed by atoms with Gasteiger partial charge in [0.2, 0.25) is 5.89 Å². The highest BCUT2D eigenvalue weighted by molar-refractivity contribution is 7.07. The van der Waals surface area contributed by atoms with Crippen molar-refractivity contribution in [1.29, 1.82) is 0 Å². The Labute approximate surface area is 120 Å². The zero-order valence-corrected chi connectivity index (χ0v) is 11.7. The van der Waals surface area contributed by atoms with Crippen LogP contribution in [0.3, 0.4) is 0 Å². The summed E-state index contributed by atoms with van der Waals surface area (Å²) in [7, 11) is 1.63. The molecule has 2 heterocycles. The van der Waals surface area contributed by atoms with Crippen LogP contribution in [0.15, 0.2) is 45.5 Å². The lowest BCUT2D eigenvalue weighted by atomic mass is 10.2. The number of thiophene rings is 1. The second-order valence-corrected chi connectivity index (χ2v) is 4.91. The molecule has 2 aromatic heterocycles. The van der Waals surface area contributed by atoms with Crippen LogP contribution in [0.4, 0.5) is 6.01 Å². The Kier molecular flexibility index (Phi) is 3.64. The fourth-order valence-electron chi connectivity index (χ4n) is 1.72. The smallest absolute Gasteiger partial charge is 0.316 e. The summed E-state index contributed by atoms with van der Waals surface area (Å²) in [6.07, 6.45) is 0. The number of hydrogen-bond acceptors (Lipinski definition) is 6. The highest BCUT2D eigenvalue weighted by Gasteiger charge is 2.08. The Morgan fingerprint density at radius 2 is 2.05 bits per heavy atom. The molecule has 102 valence electrons. The molecule has 0 aliphatic carbocycles. The lowest BCUT2D eigenvalue weighted by molar-refractivity contribution is 0.415. The minimum Gasteiger partial charge on any atom is -0.497 e. The van der Waals surface area contributed by atoms with E-state index >= 15 is 0 Å². The number of aromatic nitrogens is 2. The summed E-state index contributed by atoms with van der Waals surface area (Å²) in [5, 5.41) is 15.2. The van der Waals surface area contributed by atoms with Gasteiger partial charge in [-0.2, -0.15) is 11.3 Å². The molecule has 3 rings (SSSR count). The molecule has 3 aromatic rings. The summed E-state index contributed by atoms with van der Waals surface area (Å²) in [6, 6.07) is 9.96. The molecule has 0 amide bonds. The first-order valence-electron chi connectivity index (χ1n) is 6.08. The minimum absolute atomic E-state index is 0.419. The van der Waals surface area contributed by atoms with Crippen molar-refractivity contribution in [2.45, 2.75) is 6.54 Å². The van der Waals surface area contributed by atoms with E-state index in [1.807, 2.05) is 29.6 Å². The van der Waals surface area contributed by atoms with Crippen LogP contribution in [-0.4, -0.2) is 17.3 Å². The van der Waals surface area contributed by atoms with Crippen LogP contribution in [0.1, 0.15) is 5.56 Å². The van der Waals surface area contributed by atoms with Crippen molar-refractivity contribution in [1.82, 2.24) is 10.2 Å². The summed E-state index contributed by atoms with van der Waals surface area (Å²) in [4.78, 5) is 0. The first-order chi connectivity index (χ1) is 9.85. The molecule has 0 spiro atoms. The number of methoxy groups -OCH3 is 1. The van der Waals surface area contributed by atoms with Crippen LogP contribution in [-0.2, 0) is 6.54 Å². The van der Waals surface area contributed by atoms with E-state index in [-0.39, 0.29) is 0 Å². The maximum atomic E-state index is 5.57. The van der Waals surface area contributed by atoms with E-state index in [4.69, 9.17) is 9.15 Å². The summed E-state index contributed by atoms with van der Waals surface area (Å²) in [6.45, 7) is 0.674. The second-order valence-electron chi connectivity index (χ2n) is 4.13. The van der Waals surface area contributed by atoms with Crippen molar-refractivity contribution >= 4 is 17.4 Å². The van der Waals surface area contributed by atoms with E-state index in [0.29, 0.717) is 18.5 Å². The van der Waals surface area contributed by atoms with Gasteiger partial charge in [-0.25, -0.2) is 0 Å². The third-order valence-electron chi connectivity index (χ3n) is 2.79. The molecule has 1 aromatic carbocycles. The first kappa shape index (κ1) is 12.7. The number of anilines is 1. The maximum absolute atomic E-state index is 5.57. The quantitative estimate of drug-likeness (QED) is 0.779. The molecule has 0 aliphatic heterocycles. The van der Waals surface area contributed by atoms with E-state index in [1.54, 1.807) is 18.4 Å². The molecule has 0 saturated heterocycles. The van der Waals surface area contributed by atoms with E-state index in [0.717, 1.165) is 11.3 Å². The number of nitrogens with one attached hydrogen (secondary N) is 1. The summed E-state index contributed by atoms with van der Waals surface area (Å²) < 4.78 is 10.7. The second kappa shape index (κ2) is 5.75. The Balaban J connectivity index is 1.69. The molecule has 5 nitrogen and oxygen atoms in total. The summed E-state index contributed by atoms with van der Waals surface area (Å²) >= 11 is 1.66. The molecule has 0 bridgehead atoms. The highest BCUT2D eigenvalue weighted by atomic mass is 32.1. The Bertz CT molecular complexity index is 662. The average Bonchev–Trinajstić information content (AvgIpc) is 3.17. The molecule has 0 radical (unpaired) electrons. The average molecular weight is 287 g/mol. The van der Waals surface area contributed by atoms with Gasteiger partial charge in [-0.05, 0) is 46.7 Å². The van der Waals surface area contributed by atoms with Gasteiger partial charge in [-0.3, -0.25) is 0 Å². The van der Waals surface area contributed by atoms with Gasteiger partial charge in [0.15, 0.2) is 0 Å². The fourth-order valence-corrected chi connectivity index (χ4v) is 2.38. The van der Waals surface area contributed by atoms with Crippen LogP contribution >= 0.6 is 11.3 Å². The predicted octanol–water partition coefficient (Wildman–Crippen LogP) is 3.42. The third-order valence-corrected chi connectivity index (χ3v) is 3.52. The number of rotatable bonds is 5. The van der Waals surface area contributed by atoms with Crippen molar-refractivity contribution in [3.05, 3.63) is 46.7 Å². The van der Waals surface area contributed by atoms with Crippen molar-refractivity contribution in [2.24, 2.45) is 0 Å². The molecular formula is C14H13N3O2S. The Hall–Kier alpha value is -2.34. The molecule has 1 N–H and O–H groups in total. The standard InChI is InChI=1S/C14H13N3O2S/c1-18-12-4-2-11(3-5-12)13-16-17-14(19-13)15-8-10-6-7-20-9-10/h2-7,9H,8H2,1H3,(H,15,17). The van der Waals surface area contributed by atoms with Gasteiger partial charge in [-0.1, -0.05) is 5.10 Å².